The fourth-order valence-electron chi connectivity index (χ4n) is 0.680. The second-order valence-corrected chi connectivity index (χ2v) is 1.97. The molecule has 0 aliphatic heterocycles. The molecule has 0 radical (unpaired) electrons. The SMILES string of the molecule is CC.CCc1ccc(N=O)nc1. The predicted octanol–water partition coefficient (Wildman–Crippen LogP) is 3.07. The summed E-state index contributed by atoms with van der Waals surface area (Å²) in [7, 11) is 0. The lowest BCUT2D eigenvalue weighted by Gasteiger charge is -1.92. The Bertz CT molecular complexity index is 218. The highest BCUT2D eigenvalue weighted by atomic mass is 16.3. The first kappa shape index (κ1) is 10.8. The van der Waals surface area contributed by atoms with E-state index in [0.29, 0.717) is 0 Å². The predicted molar refractivity (Wildman–Crippen MR) is 50.4 cm³/mol. The molecule has 0 spiro atoms. The highest BCUT2D eigenvalue weighted by Gasteiger charge is 1.91. The number of nitroso groups, excluding NO2 is 1. The lowest BCUT2D eigenvalue weighted by atomic mass is 10.2. The summed E-state index contributed by atoms with van der Waals surface area (Å²) in [6.45, 7) is 6.03. The van der Waals surface area contributed by atoms with Gasteiger partial charge in [0, 0.05) is 6.20 Å². The Morgan fingerprint density at radius 2 is 2.08 bits per heavy atom. The van der Waals surface area contributed by atoms with Gasteiger partial charge in [0.05, 0.1) is 0 Å². The molecule has 1 aromatic heterocycles. The van der Waals surface area contributed by atoms with Crippen LogP contribution in [0.2, 0.25) is 0 Å². The standard InChI is InChI=1S/C7H8N2O.C2H6/c1-2-6-3-4-7(9-10)8-5-6;1-2/h3-5H,2H2,1H3;1-2H3. The molecule has 0 aliphatic carbocycles. The molecular weight excluding hydrogens is 152 g/mol. The van der Waals surface area contributed by atoms with Crippen LogP contribution in [0.15, 0.2) is 23.5 Å². The van der Waals surface area contributed by atoms with Gasteiger partial charge in [-0.25, -0.2) is 4.98 Å². The van der Waals surface area contributed by atoms with E-state index in [1.165, 1.54) is 0 Å². The van der Waals surface area contributed by atoms with E-state index in [2.05, 4.69) is 10.2 Å². The highest BCUT2D eigenvalue weighted by molar-refractivity contribution is 5.28. The van der Waals surface area contributed by atoms with Crippen molar-refractivity contribution in [3.8, 4) is 0 Å². The van der Waals surface area contributed by atoms with Crippen LogP contribution in [0.25, 0.3) is 0 Å². The largest absolute Gasteiger partial charge is 0.234 e. The van der Waals surface area contributed by atoms with E-state index in [-0.39, 0.29) is 5.82 Å². The zero-order chi connectivity index (χ0) is 9.40. The van der Waals surface area contributed by atoms with E-state index in [9.17, 15) is 4.91 Å². The van der Waals surface area contributed by atoms with Gasteiger partial charge in [-0.1, -0.05) is 26.8 Å². The number of pyridine rings is 1. The lowest BCUT2D eigenvalue weighted by molar-refractivity contribution is 1.10. The van der Waals surface area contributed by atoms with Crippen molar-refractivity contribution in [2.24, 2.45) is 5.18 Å². The summed E-state index contributed by atoms with van der Waals surface area (Å²) in [6.07, 6.45) is 2.60. The lowest BCUT2D eigenvalue weighted by Crippen LogP contribution is -1.80. The Morgan fingerprint density at radius 1 is 1.42 bits per heavy atom. The van der Waals surface area contributed by atoms with Crippen molar-refractivity contribution < 1.29 is 0 Å². The Hall–Kier alpha value is -1.25. The molecular formula is C9H14N2O. The Morgan fingerprint density at radius 3 is 2.42 bits per heavy atom. The molecule has 0 amide bonds. The molecule has 12 heavy (non-hydrogen) atoms. The minimum Gasteiger partial charge on any atom is -0.234 e. The van der Waals surface area contributed by atoms with Gasteiger partial charge in [0.2, 0.25) is 0 Å². The van der Waals surface area contributed by atoms with Gasteiger partial charge < -0.3 is 0 Å². The van der Waals surface area contributed by atoms with Crippen LogP contribution in [-0.2, 0) is 6.42 Å². The van der Waals surface area contributed by atoms with Crippen LogP contribution in [0.5, 0.6) is 0 Å². The van der Waals surface area contributed by atoms with Crippen LogP contribution in [0, 0.1) is 4.91 Å². The monoisotopic (exact) mass is 166 g/mol. The van der Waals surface area contributed by atoms with Crippen molar-refractivity contribution in [1.29, 1.82) is 0 Å². The van der Waals surface area contributed by atoms with Crippen molar-refractivity contribution in [3.05, 3.63) is 28.8 Å². The molecule has 0 fully saturated rings. The van der Waals surface area contributed by atoms with E-state index < -0.39 is 0 Å². The normalized spacial score (nSPS) is 8.25. The number of aryl methyl sites for hydroxylation is 1. The number of nitrogens with zero attached hydrogens (tertiary/aromatic N) is 2. The molecule has 1 rings (SSSR count). The fourth-order valence-corrected chi connectivity index (χ4v) is 0.680. The van der Waals surface area contributed by atoms with Gasteiger partial charge in [-0.2, -0.15) is 0 Å². The Kier molecular flexibility index (Phi) is 5.79. The van der Waals surface area contributed by atoms with Gasteiger partial charge in [-0.05, 0) is 23.2 Å². The third-order valence-corrected chi connectivity index (χ3v) is 1.31. The maximum absolute atomic E-state index is 9.89. The van der Waals surface area contributed by atoms with Crippen molar-refractivity contribution >= 4 is 5.82 Å². The molecule has 0 aromatic carbocycles. The first-order chi connectivity index (χ1) is 5.86. The summed E-state index contributed by atoms with van der Waals surface area (Å²) in [5.41, 5.74) is 1.12. The van der Waals surface area contributed by atoms with Gasteiger partial charge in [-0.15, -0.1) is 4.91 Å². The molecule has 3 heteroatoms. The minimum absolute atomic E-state index is 0.247. The Balaban J connectivity index is 0.000000561. The quantitative estimate of drug-likeness (QED) is 0.633. The molecule has 0 bridgehead atoms. The van der Waals surface area contributed by atoms with E-state index >= 15 is 0 Å². The molecule has 1 aromatic rings. The van der Waals surface area contributed by atoms with Gasteiger partial charge in [-0.3, -0.25) is 0 Å². The van der Waals surface area contributed by atoms with Crippen LogP contribution < -0.4 is 0 Å². The zero-order valence-electron chi connectivity index (χ0n) is 7.74. The molecule has 0 saturated carbocycles. The Labute approximate surface area is 72.8 Å². The fraction of sp³-hybridized carbons (Fsp3) is 0.444. The molecule has 0 atom stereocenters. The van der Waals surface area contributed by atoms with E-state index in [4.69, 9.17) is 0 Å². The summed E-state index contributed by atoms with van der Waals surface area (Å²) in [5.74, 6) is 0.247. The van der Waals surface area contributed by atoms with Crippen LogP contribution in [0.1, 0.15) is 26.3 Å². The average Bonchev–Trinajstić information content (AvgIpc) is 2.21. The summed E-state index contributed by atoms with van der Waals surface area (Å²) in [5, 5.41) is 2.68. The van der Waals surface area contributed by atoms with Crippen molar-refractivity contribution in [2.45, 2.75) is 27.2 Å². The number of hydrogen-bond acceptors (Lipinski definition) is 3. The molecule has 3 nitrogen and oxygen atoms in total. The summed E-state index contributed by atoms with van der Waals surface area (Å²) >= 11 is 0. The van der Waals surface area contributed by atoms with Crippen LogP contribution >= 0.6 is 0 Å². The molecule has 0 N–H and O–H groups in total. The minimum atomic E-state index is 0.247. The van der Waals surface area contributed by atoms with Crippen LogP contribution in [-0.4, -0.2) is 4.98 Å². The van der Waals surface area contributed by atoms with Crippen molar-refractivity contribution in [2.75, 3.05) is 0 Å². The second-order valence-electron chi connectivity index (χ2n) is 1.97. The van der Waals surface area contributed by atoms with Crippen molar-refractivity contribution in [3.63, 3.8) is 0 Å². The first-order valence-electron chi connectivity index (χ1n) is 4.15. The molecule has 66 valence electrons. The molecule has 0 aliphatic rings. The second kappa shape index (κ2) is 6.46. The summed E-state index contributed by atoms with van der Waals surface area (Å²) < 4.78 is 0. The van der Waals surface area contributed by atoms with Gasteiger partial charge in [0.15, 0.2) is 5.82 Å². The average molecular weight is 166 g/mol. The maximum atomic E-state index is 9.89. The van der Waals surface area contributed by atoms with E-state index in [1.54, 1.807) is 12.3 Å². The highest BCUT2D eigenvalue weighted by Crippen LogP contribution is 2.07. The van der Waals surface area contributed by atoms with Gasteiger partial charge >= 0.3 is 0 Å². The molecule has 0 saturated heterocycles. The number of rotatable bonds is 2. The van der Waals surface area contributed by atoms with Crippen LogP contribution in [0.3, 0.4) is 0 Å². The third kappa shape index (κ3) is 3.23. The number of hydrogen-bond donors (Lipinski definition) is 0. The molecule has 0 unspecified atom stereocenters. The summed E-state index contributed by atoms with van der Waals surface area (Å²) in [6, 6.07) is 3.47. The smallest absolute Gasteiger partial charge is 0.196 e. The van der Waals surface area contributed by atoms with Crippen molar-refractivity contribution in [1.82, 2.24) is 4.98 Å². The first-order valence-corrected chi connectivity index (χ1v) is 4.15. The number of aromatic nitrogens is 1. The summed E-state index contributed by atoms with van der Waals surface area (Å²) in [4.78, 5) is 13.7. The maximum Gasteiger partial charge on any atom is 0.196 e. The zero-order valence-corrected chi connectivity index (χ0v) is 7.74. The third-order valence-electron chi connectivity index (χ3n) is 1.31. The molecule has 1 heterocycles. The van der Waals surface area contributed by atoms with Gasteiger partial charge in [0.1, 0.15) is 0 Å². The van der Waals surface area contributed by atoms with Gasteiger partial charge in [0.25, 0.3) is 0 Å². The van der Waals surface area contributed by atoms with E-state index in [0.717, 1.165) is 12.0 Å². The van der Waals surface area contributed by atoms with E-state index in [1.807, 2.05) is 26.8 Å². The topological polar surface area (TPSA) is 42.3 Å². The van der Waals surface area contributed by atoms with Crippen LogP contribution in [0.4, 0.5) is 5.82 Å².